The zero-order chi connectivity index (χ0) is 14.8. The Morgan fingerprint density at radius 2 is 1.65 bits per heavy atom. The summed E-state index contributed by atoms with van der Waals surface area (Å²) in [6.45, 7) is 7.32. The Morgan fingerprint density at radius 1 is 1.10 bits per heavy atom. The molecule has 1 saturated carbocycles. The largest absolute Gasteiger partial charge is 0.373 e. The summed E-state index contributed by atoms with van der Waals surface area (Å²) in [5.41, 5.74) is 0. The SMILES string of the molecule is CCN(C1CCCCC1)S(=O)(=O)N1CC(C)OC(C)C1. The molecule has 0 bridgehead atoms. The molecule has 1 aliphatic carbocycles. The number of ether oxygens (including phenoxy) is 1. The van der Waals surface area contributed by atoms with Crippen LogP contribution in [0.1, 0.15) is 52.9 Å². The van der Waals surface area contributed by atoms with E-state index in [2.05, 4.69) is 0 Å². The van der Waals surface area contributed by atoms with Crippen LogP contribution in [0.5, 0.6) is 0 Å². The van der Waals surface area contributed by atoms with Crippen molar-refractivity contribution in [1.82, 2.24) is 8.61 Å². The molecule has 118 valence electrons. The highest BCUT2D eigenvalue weighted by Crippen LogP contribution is 2.27. The second kappa shape index (κ2) is 6.73. The number of nitrogens with zero attached hydrogens (tertiary/aromatic N) is 2. The minimum Gasteiger partial charge on any atom is -0.373 e. The number of hydrogen-bond donors (Lipinski definition) is 0. The molecule has 0 radical (unpaired) electrons. The van der Waals surface area contributed by atoms with Gasteiger partial charge in [0.15, 0.2) is 0 Å². The summed E-state index contributed by atoms with van der Waals surface area (Å²) < 4.78 is 34.8. The summed E-state index contributed by atoms with van der Waals surface area (Å²) in [7, 11) is -3.35. The van der Waals surface area contributed by atoms with Gasteiger partial charge in [0.2, 0.25) is 0 Å². The predicted octanol–water partition coefficient (Wildman–Crippen LogP) is 2.00. The van der Waals surface area contributed by atoms with Gasteiger partial charge in [-0.3, -0.25) is 0 Å². The van der Waals surface area contributed by atoms with E-state index in [1.165, 1.54) is 6.42 Å². The summed E-state index contributed by atoms with van der Waals surface area (Å²) in [4.78, 5) is 0. The van der Waals surface area contributed by atoms with Gasteiger partial charge in [-0.15, -0.1) is 0 Å². The summed E-state index contributed by atoms with van der Waals surface area (Å²) in [5.74, 6) is 0. The molecule has 2 rings (SSSR count). The molecule has 1 saturated heterocycles. The lowest BCUT2D eigenvalue weighted by molar-refractivity contribution is -0.0458. The molecule has 5 nitrogen and oxygen atoms in total. The lowest BCUT2D eigenvalue weighted by Crippen LogP contribution is -2.55. The van der Waals surface area contributed by atoms with E-state index >= 15 is 0 Å². The zero-order valence-corrected chi connectivity index (χ0v) is 13.7. The van der Waals surface area contributed by atoms with Crippen LogP contribution < -0.4 is 0 Å². The Balaban J connectivity index is 2.13. The van der Waals surface area contributed by atoms with Gasteiger partial charge in [0.25, 0.3) is 10.2 Å². The molecular weight excluding hydrogens is 276 g/mol. The van der Waals surface area contributed by atoms with Gasteiger partial charge in [0.1, 0.15) is 0 Å². The van der Waals surface area contributed by atoms with Crippen LogP contribution in [-0.4, -0.2) is 54.9 Å². The van der Waals surface area contributed by atoms with Crippen molar-refractivity contribution in [2.24, 2.45) is 0 Å². The van der Waals surface area contributed by atoms with Crippen molar-refractivity contribution in [2.75, 3.05) is 19.6 Å². The van der Waals surface area contributed by atoms with Crippen molar-refractivity contribution in [3.8, 4) is 0 Å². The molecular formula is C14H28N2O3S. The summed E-state index contributed by atoms with van der Waals surface area (Å²) in [5, 5.41) is 0. The predicted molar refractivity (Wildman–Crippen MR) is 79.8 cm³/mol. The lowest BCUT2D eigenvalue weighted by Gasteiger charge is -2.40. The van der Waals surface area contributed by atoms with E-state index < -0.39 is 10.2 Å². The third-order valence-electron chi connectivity index (χ3n) is 4.30. The molecule has 1 aliphatic heterocycles. The molecule has 6 heteroatoms. The first-order valence-corrected chi connectivity index (χ1v) is 9.27. The van der Waals surface area contributed by atoms with Gasteiger partial charge in [-0.05, 0) is 26.7 Å². The van der Waals surface area contributed by atoms with Crippen LogP contribution >= 0.6 is 0 Å². The molecule has 2 unspecified atom stereocenters. The van der Waals surface area contributed by atoms with E-state index in [-0.39, 0.29) is 18.2 Å². The van der Waals surface area contributed by atoms with Crippen LogP contribution in [0, 0.1) is 0 Å². The first kappa shape index (κ1) is 16.2. The van der Waals surface area contributed by atoms with Gasteiger partial charge in [-0.2, -0.15) is 17.0 Å². The summed E-state index contributed by atoms with van der Waals surface area (Å²) >= 11 is 0. The Kier molecular flexibility index (Phi) is 5.45. The molecule has 0 aromatic heterocycles. The Labute approximate surface area is 123 Å². The summed E-state index contributed by atoms with van der Waals surface area (Å²) in [6.07, 6.45) is 5.47. The zero-order valence-electron chi connectivity index (χ0n) is 12.9. The molecule has 0 amide bonds. The monoisotopic (exact) mass is 304 g/mol. The van der Waals surface area contributed by atoms with Crippen molar-refractivity contribution in [1.29, 1.82) is 0 Å². The van der Waals surface area contributed by atoms with Crippen molar-refractivity contribution < 1.29 is 13.2 Å². The molecule has 2 aliphatic rings. The van der Waals surface area contributed by atoms with Crippen molar-refractivity contribution in [2.45, 2.75) is 71.1 Å². The molecule has 1 heterocycles. The highest BCUT2D eigenvalue weighted by atomic mass is 32.2. The topological polar surface area (TPSA) is 49.9 Å². The second-order valence-corrected chi connectivity index (χ2v) is 7.96. The highest BCUT2D eigenvalue weighted by molar-refractivity contribution is 7.86. The van der Waals surface area contributed by atoms with E-state index in [1.54, 1.807) is 8.61 Å². The van der Waals surface area contributed by atoms with Crippen LogP contribution in [0.25, 0.3) is 0 Å². The average molecular weight is 304 g/mol. The minimum absolute atomic E-state index is 0.0291. The standard InChI is InChI=1S/C14H28N2O3S/c1-4-16(14-8-6-5-7-9-14)20(17,18)15-10-12(2)19-13(3)11-15/h12-14H,4-11H2,1-3H3. The van der Waals surface area contributed by atoms with E-state index in [9.17, 15) is 8.42 Å². The lowest BCUT2D eigenvalue weighted by atomic mass is 9.95. The van der Waals surface area contributed by atoms with E-state index in [0.717, 1.165) is 25.7 Å². The maximum absolute atomic E-state index is 12.9. The van der Waals surface area contributed by atoms with Gasteiger partial charge < -0.3 is 4.74 Å². The van der Waals surface area contributed by atoms with E-state index in [0.29, 0.717) is 19.6 Å². The third-order valence-corrected chi connectivity index (χ3v) is 6.40. The van der Waals surface area contributed by atoms with Crippen LogP contribution in [0.3, 0.4) is 0 Å². The summed E-state index contributed by atoms with van der Waals surface area (Å²) in [6, 6.07) is 0.187. The minimum atomic E-state index is -3.35. The number of hydrogen-bond acceptors (Lipinski definition) is 3. The van der Waals surface area contributed by atoms with Gasteiger partial charge in [-0.25, -0.2) is 0 Å². The van der Waals surface area contributed by atoms with Crippen LogP contribution in [-0.2, 0) is 14.9 Å². The highest BCUT2D eigenvalue weighted by Gasteiger charge is 2.37. The van der Waals surface area contributed by atoms with Gasteiger partial charge in [-0.1, -0.05) is 26.2 Å². The van der Waals surface area contributed by atoms with E-state index in [1.807, 2.05) is 20.8 Å². The fourth-order valence-corrected chi connectivity index (χ4v) is 5.45. The molecule has 0 N–H and O–H groups in total. The van der Waals surface area contributed by atoms with Gasteiger partial charge in [0, 0.05) is 25.7 Å². The normalized spacial score (nSPS) is 30.8. The third kappa shape index (κ3) is 3.53. The fourth-order valence-electron chi connectivity index (χ4n) is 3.45. The first-order valence-electron chi connectivity index (χ1n) is 7.87. The van der Waals surface area contributed by atoms with E-state index in [4.69, 9.17) is 4.74 Å². The average Bonchev–Trinajstić information content (AvgIpc) is 2.39. The quantitative estimate of drug-likeness (QED) is 0.798. The molecule has 0 spiro atoms. The molecule has 0 aromatic carbocycles. The van der Waals surface area contributed by atoms with Crippen molar-refractivity contribution in [3.63, 3.8) is 0 Å². The Bertz CT molecular complexity index is 397. The van der Waals surface area contributed by atoms with Crippen LogP contribution in [0.15, 0.2) is 0 Å². The molecule has 0 aromatic rings. The fraction of sp³-hybridized carbons (Fsp3) is 1.00. The van der Waals surface area contributed by atoms with Crippen molar-refractivity contribution >= 4 is 10.2 Å². The number of rotatable bonds is 4. The Morgan fingerprint density at radius 3 is 2.15 bits per heavy atom. The second-order valence-electron chi connectivity index (χ2n) is 6.08. The first-order chi connectivity index (χ1) is 9.45. The van der Waals surface area contributed by atoms with Crippen molar-refractivity contribution in [3.05, 3.63) is 0 Å². The van der Waals surface area contributed by atoms with Gasteiger partial charge in [0.05, 0.1) is 12.2 Å². The van der Waals surface area contributed by atoms with Crippen LogP contribution in [0.2, 0.25) is 0 Å². The molecule has 2 atom stereocenters. The molecule has 20 heavy (non-hydrogen) atoms. The molecule has 2 fully saturated rings. The Hall–Kier alpha value is -0.170. The maximum Gasteiger partial charge on any atom is 0.282 e. The van der Waals surface area contributed by atoms with Gasteiger partial charge >= 0.3 is 0 Å². The number of morpholine rings is 1. The smallest absolute Gasteiger partial charge is 0.282 e. The maximum atomic E-state index is 12.9. The van der Waals surface area contributed by atoms with Crippen LogP contribution in [0.4, 0.5) is 0 Å².